The molecule has 0 rings (SSSR count). The van der Waals surface area contributed by atoms with Gasteiger partial charge in [-0.25, -0.2) is 4.79 Å². The number of carboxylic acids is 1. The van der Waals surface area contributed by atoms with E-state index in [2.05, 4.69) is 0 Å². The summed E-state index contributed by atoms with van der Waals surface area (Å²) in [5.74, 6) is -2.56. The third kappa shape index (κ3) is 6.33. The van der Waals surface area contributed by atoms with E-state index in [4.69, 9.17) is 21.1 Å². The van der Waals surface area contributed by atoms with Gasteiger partial charge in [-0.3, -0.25) is 4.79 Å². The lowest BCUT2D eigenvalue weighted by Crippen LogP contribution is -2.54. The van der Waals surface area contributed by atoms with Gasteiger partial charge in [0.1, 0.15) is 24.4 Å². The number of hydrogen-bond donors (Lipinski definition) is 8. The van der Waals surface area contributed by atoms with Crippen LogP contribution < -0.4 is 11.1 Å². The first-order chi connectivity index (χ1) is 9.76. The largest absolute Gasteiger partial charge is 0.480 e. The maximum atomic E-state index is 11.6. The van der Waals surface area contributed by atoms with E-state index in [0.717, 1.165) is 0 Å². The molecule has 1 amide bonds. The van der Waals surface area contributed by atoms with Crippen molar-refractivity contribution in [2.24, 2.45) is 5.73 Å². The number of nitrogens with one attached hydrogen (secondary N) is 1. The Bertz CT molecular complexity index is 340. The zero-order valence-electron chi connectivity index (χ0n) is 11.3. The molecule has 10 nitrogen and oxygen atoms in total. The van der Waals surface area contributed by atoms with E-state index < -0.39 is 48.9 Å². The summed E-state index contributed by atoms with van der Waals surface area (Å²) in [5.41, 5.74) is 5.22. The molecule has 9 N–H and O–H groups in total. The minimum Gasteiger partial charge on any atom is -0.480 e. The van der Waals surface area contributed by atoms with Gasteiger partial charge in [0, 0.05) is 0 Å². The first-order valence-corrected chi connectivity index (χ1v) is 6.32. The fourth-order valence-corrected chi connectivity index (χ4v) is 1.51. The van der Waals surface area contributed by atoms with Crippen molar-refractivity contribution in [2.75, 3.05) is 13.2 Å². The number of carbonyl (C=O) groups excluding carboxylic acids is 1. The predicted octanol–water partition coefficient (Wildman–Crippen LogP) is -4.27. The second-order valence-electron chi connectivity index (χ2n) is 4.51. The predicted molar refractivity (Wildman–Crippen MR) is 69.0 cm³/mol. The Morgan fingerprint density at radius 1 is 1.10 bits per heavy atom. The number of aliphatic hydroxyl groups is 5. The van der Waals surface area contributed by atoms with Crippen LogP contribution in [-0.4, -0.2) is 86.1 Å². The first kappa shape index (κ1) is 19.7. The maximum Gasteiger partial charge on any atom is 0.326 e. The van der Waals surface area contributed by atoms with Gasteiger partial charge in [0.15, 0.2) is 6.10 Å². The van der Waals surface area contributed by atoms with Gasteiger partial charge in [-0.15, -0.1) is 0 Å². The Labute approximate surface area is 120 Å². The molecule has 124 valence electrons. The van der Waals surface area contributed by atoms with Crippen LogP contribution in [0.5, 0.6) is 0 Å². The molecular weight excluding hydrogens is 288 g/mol. The fraction of sp³-hybridized carbons (Fsp3) is 0.818. The summed E-state index contributed by atoms with van der Waals surface area (Å²) in [4.78, 5) is 22.5. The molecule has 0 spiro atoms. The molecule has 0 saturated carbocycles. The van der Waals surface area contributed by atoms with E-state index in [0.29, 0.717) is 6.42 Å². The number of amides is 1. The third-order valence-electron chi connectivity index (χ3n) is 2.83. The van der Waals surface area contributed by atoms with Gasteiger partial charge < -0.3 is 41.7 Å². The van der Waals surface area contributed by atoms with E-state index in [1.165, 1.54) is 0 Å². The van der Waals surface area contributed by atoms with Gasteiger partial charge in [0.05, 0.1) is 6.61 Å². The van der Waals surface area contributed by atoms with Crippen molar-refractivity contribution in [2.45, 2.75) is 43.3 Å². The second-order valence-corrected chi connectivity index (χ2v) is 4.51. The van der Waals surface area contributed by atoms with E-state index in [1.807, 2.05) is 5.32 Å². The van der Waals surface area contributed by atoms with Gasteiger partial charge in [-0.2, -0.15) is 0 Å². The van der Waals surface area contributed by atoms with Crippen molar-refractivity contribution in [3.8, 4) is 0 Å². The van der Waals surface area contributed by atoms with Crippen molar-refractivity contribution in [3.05, 3.63) is 0 Å². The average molecular weight is 310 g/mol. The maximum absolute atomic E-state index is 11.6. The number of hydrogen-bond acceptors (Lipinski definition) is 8. The SMILES string of the molecule is NCCC[C@H](NC(=O)[C@H](O)[C@@H](O)[C@H](O)[C@H](O)CO)C(=O)O. The van der Waals surface area contributed by atoms with Crippen molar-refractivity contribution in [3.63, 3.8) is 0 Å². The molecule has 0 fully saturated rings. The molecule has 0 bridgehead atoms. The molecule has 0 aromatic rings. The van der Waals surface area contributed by atoms with Crippen LogP contribution in [0, 0.1) is 0 Å². The molecule has 0 unspecified atom stereocenters. The highest BCUT2D eigenvalue weighted by molar-refractivity contribution is 5.86. The van der Waals surface area contributed by atoms with Crippen molar-refractivity contribution < 1.29 is 40.2 Å². The lowest BCUT2D eigenvalue weighted by Gasteiger charge is -2.26. The molecule has 0 aliphatic carbocycles. The molecule has 0 saturated heterocycles. The van der Waals surface area contributed by atoms with E-state index in [9.17, 15) is 24.9 Å². The zero-order valence-corrected chi connectivity index (χ0v) is 11.3. The molecule has 21 heavy (non-hydrogen) atoms. The first-order valence-electron chi connectivity index (χ1n) is 6.32. The van der Waals surface area contributed by atoms with Crippen molar-refractivity contribution >= 4 is 11.9 Å². The van der Waals surface area contributed by atoms with E-state index in [1.54, 1.807) is 0 Å². The topological polar surface area (TPSA) is 194 Å². The van der Waals surface area contributed by atoms with Crippen LogP contribution in [0.1, 0.15) is 12.8 Å². The summed E-state index contributed by atoms with van der Waals surface area (Å²) in [5, 5.41) is 56.9. The van der Waals surface area contributed by atoms with Gasteiger partial charge in [-0.05, 0) is 19.4 Å². The minimum atomic E-state index is -2.17. The summed E-state index contributed by atoms with van der Waals surface area (Å²) in [6.07, 6.45) is -7.63. The summed E-state index contributed by atoms with van der Waals surface area (Å²) in [6, 6.07) is -1.30. The van der Waals surface area contributed by atoms with Gasteiger partial charge in [0.2, 0.25) is 0 Å². The molecule has 0 aromatic heterocycles. The highest BCUT2D eigenvalue weighted by Crippen LogP contribution is 2.06. The Hall–Kier alpha value is -1.30. The average Bonchev–Trinajstić information content (AvgIpc) is 2.47. The number of aliphatic hydroxyl groups excluding tert-OH is 5. The summed E-state index contributed by atoms with van der Waals surface area (Å²) in [7, 11) is 0. The normalized spacial score (nSPS) is 18.4. The summed E-state index contributed by atoms with van der Waals surface area (Å²) in [6.45, 7) is -0.674. The lowest BCUT2D eigenvalue weighted by atomic mass is 10.0. The fourth-order valence-electron chi connectivity index (χ4n) is 1.51. The Balaban J connectivity index is 4.64. The van der Waals surface area contributed by atoms with Crippen LogP contribution in [0.3, 0.4) is 0 Å². The quantitative estimate of drug-likeness (QED) is 0.197. The molecule has 0 aromatic carbocycles. The standard InChI is InChI=1S/C11H22N2O8/c12-3-1-2-5(11(20)21)13-10(19)9(18)8(17)7(16)6(15)4-14/h5-9,14-18H,1-4,12H2,(H,13,19)(H,20,21)/t5-,6+,7+,8-,9+/m0/s1. The smallest absolute Gasteiger partial charge is 0.326 e. The molecular formula is C11H22N2O8. The molecule has 10 heteroatoms. The second kappa shape index (κ2) is 9.60. The van der Waals surface area contributed by atoms with Crippen molar-refractivity contribution in [1.29, 1.82) is 0 Å². The number of carbonyl (C=O) groups is 2. The van der Waals surface area contributed by atoms with Crippen LogP contribution >= 0.6 is 0 Å². The third-order valence-corrected chi connectivity index (χ3v) is 2.83. The molecule has 0 heterocycles. The summed E-state index contributed by atoms with van der Waals surface area (Å²) >= 11 is 0. The van der Waals surface area contributed by atoms with Crippen LogP contribution in [0.4, 0.5) is 0 Å². The number of carboxylic acid groups (broad SMARTS) is 1. The van der Waals surface area contributed by atoms with Gasteiger partial charge >= 0.3 is 5.97 Å². The van der Waals surface area contributed by atoms with Crippen LogP contribution in [0.15, 0.2) is 0 Å². The van der Waals surface area contributed by atoms with Gasteiger partial charge in [0.25, 0.3) is 5.91 Å². The summed E-state index contributed by atoms with van der Waals surface area (Å²) < 4.78 is 0. The van der Waals surface area contributed by atoms with Crippen LogP contribution in [-0.2, 0) is 9.59 Å². The van der Waals surface area contributed by atoms with E-state index >= 15 is 0 Å². The highest BCUT2D eigenvalue weighted by Gasteiger charge is 2.35. The molecule has 0 aliphatic heterocycles. The van der Waals surface area contributed by atoms with Crippen LogP contribution in [0.25, 0.3) is 0 Å². The van der Waals surface area contributed by atoms with Crippen molar-refractivity contribution in [1.82, 2.24) is 5.32 Å². The van der Waals surface area contributed by atoms with E-state index in [-0.39, 0.29) is 13.0 Å². The van der Waals surface area contributed by atoms with Crippen LogP contribution in [0.2, 0.25) is 0 Å². The monoisotopic (exact) mass is 310 g/mol. The Morgan fingerprint density at radius 2 is 1.67 bits per heavy atom. The number of aliphatic carboxylic acids is 1. The number of rotatable bonds is 10. The molecule has 5 atom stereocenters. The Kier molecular flexibility index (Phi) is 9.01. The minimum absolute atomic E-state index is 0.0300. The van der Waals surface area contributed by atoms with Gasteiger partial charge in [-0.1, -0.05) is 0 Å². The Morgan fingerprint density at radius 3 is 2.10 bits per heavy atom. The zero-order chi connectivity index (χ0) is 16.6. The lowest BCUT2D eigenvalue weighted by molar-refractivity contribution is -0.153. The number of nitrogens with two attached hydrogens (primary N) is 1. The molecule has 0 aliphatic rings. The molecule has 0 radical (unpaired) electrons. The highest BCUT2D eigenvalue weighted by atomic mass is 16.4.